The summed E-state index contributed by atoms with van der Waals surface area (Å²) in [6.45, 7) is 2.17. The highest BCUT2D eigenvalue weighted by molar-refractivity contribution is 6.39. The summed E-state index contributed by atoms with van der Waals surface area (Å²) in [6, 6.07) is 10.6. The fourth-order valence-electron chi connectivity index (χ4n) is 3.45. The predicted molar refractivity (Wildman–Crippen MR) is 114 cm³/mol. The Morgan fingerprint density at radius 2 is 1.72 bits per heavy atom. The molecule has 3 aromatic rings. The summed E-state index contributed by atoms with van der Waals surface area (Å²) >= 11 is 12.4. The minimum Gasteiger partial charge on any atom is -0.388 e. The first kappa shape index (κ1) is 22.2. The van der Waals surface area contributed by atoms with Gasteiger partial charge in [-0.1, -0.05) is 60.8 Å². The van der Waals surface area contributed by atoms with E-state index in [0.717, 1.165) is 28.0 Å². The largest absolute Gasteiger partial charge is 0.403 e. The van der Waals surface area contributed by atoms with Gasteiger partial charge in [-0.2, -0.15) is 13.2 Å². The van der Waals surface area contributed by atoms with E-state index < -0.39 is 24.7 Å². The third-order valence-corrected chi connectivity index (χ3v) is 5.58. The van der Waals surface area contributed by atoms with Gasteiger partial charge in [-0.05, 0) is 52.9 Å². The van der Waals surface area contributed by atoms with Crippen LogP contribution in [0.25, 0.3) is 21.5 Å². The average molecular weight is 444 g/mol. The van der Waals surface area contributed by atoms with Crippen LogP contribution in [0.4, 0.5) is 13.2 Å². The Labute approximate surface area is 177 Å². The zero-order valence-corrected chi connectivity index (χ0v) is 17.4. The molecule has 3 aromatic carbocycles. The molecular weight excluding hydrogens is 422 g/mol. The molecule has 7 heteroatoms. The Hall–Kier alpha value is -1.53. The number of hydrogen-bond acceptors (Lipinski definition) is 2. The van der Waals surface area contributed by atoms with E-state index in [9.17, 15) is 18.3 Å². The van der Waals surface area contributed by atoms with Crippen LogP contribution < -0.4 is 5.32 Å². The second-order valence-electron chi connectivity index (χ2n) is 7.18. The van der Waals surface area contributed by atoms with Crippen LogP contribution in [0, 0.1) is 0 Å². The van der Waals surface area contributed by atoms with E-state index in [2.05, 4.69) is 5.32 Å². The maximum Gasteiger partial charge on any atom is 0.403 e. The smallest absolute Gasteiger partial charge is 0.388 e. The van der Waals surface area contributed by atoms with Gasteiger partial charge in [0.2, 0.25) is 0 Å². The highest BCUT2D eigenvalue weighted by atomic mass is 35.5. The minimum atomic E-state index is -4.43. The van der Waals surface area contributed by atoms with E-state index in [4.69, 9.17) is 23.2 Å². The first-order valence-electron chi connectivity index (χ1n) is 9.50. The SMILES string of the molecule is CCCCNC(CC(O)c1ccc2ccc3c(Cl)cc(Cl)cc3c2c1)C(F)(F)F. The Morgan fingerprint density at radius 3 is 2.41 bits per heavy atom. The molecule has 0 saturated carbocycles. The van der Waals surface area contributed by atoms with Crippen molar-refractivity contribution < 1.29 is 18.3 Å². The summed E-state index contributed by atoms with van der Waals surface area (Å²) in [5.74, 6) is 0. The van der Waals surface area contributed by atoms with Gasteiger partial charge in [-0.15, -0.1) is 0 Å². The van der Waals surface area contributed by atoms with E-state index in [1.165, 1.54) is 0 Å². The summed E-state index contributed by atoms with van der Waals surface area (Å²) in [4.78, 5) is 0. The number of benzene rings is 3. The van der Waals surface area contributed by atoms with Crippen molar-refractivity contribution in [2.24, 2.45) is 0 Å². The molecule has 29 heavy (non-hydrogen) atoms. The van der Waals surface area contributed by atoms with Gasteiger partial charge >= 0.3 is 6.18 Å². The molecule has 0 fully saturated rings. The van der Waals surface area contributed by atoms with Crippen LogP contribution in [0.1, 0.15) is 37.9 Å². The molecule has 0 aliphatic heterocycles. The summed E-state index contributed by atoms with van der Waals surface area (Å²) in [5.41, 5.74) is 0.424. The van der Waals surface area contributed by atoms with Crippen molar-refractivity contribution in [3.8, 4) is 0 Å². The lowest BCUT2D eigenvalue weighted by Gasteiger charge is -2.24. The number of nitrogens with one attached hydrogen (secondary N) is 1. The van der Waals surface area contributed by atoms with Gasteiger partial charge in [0.1, 0.15) is 6.04 Å². The van der Waals surface area contributed by atoms with Gasteiger partial charge < -0.3 is 10.4 Å². The molecule has 2 N–H and O–H groups in total. The Balaban J connectivity index is 1.95. The number of alkyl halides is 3. The maximum absolute atomic E-state index is 13.4. The first-order valence-corrected chi connectivity index (χ1v) is 10.3. The molecule has 2 nitrogen and oxygen atoms in total. The molecular formula is C22H22Cl2F3NO. The van der Waals surface area contributed by atoms with Gasteiger partial charge in [-0.3, -0.25) is 0 Å². The van der Waals surface area contributed by atoms with Crippen molar-refractivity contribution in [3.05, 3.63) is 58.1 Å². The molecule has 0 aromatic heterocycles. The Morgan fingerprint density at radius 1 is 1.00 bits per heavy atom. The van der Waals surface area contributed by atoms with Crippen LogP contribution in [0.2, 0.25) is 10.0 Å². The van der Waals surface area contributed by atoms with Crippen LogP contribution in [0.5, 0.6) is 0 Å². The summed E-state index contributed by atoms with van der Waals surface area (Å²) in [7, 11) is 0. The van der Waals surface area contributed by atoms with Gasteiger partial charge in [0, 0.05) is 21.9 Å². The van der Waals surface area contributed by atoms with E-state index in [1.807, 2.05) is 19.1 Å². The number of aliphatic hydroxyl groups is 1. The van der Waals surface area contributed by atoms with Crippen molar-refractivity contribution in [3.63, 3.8) is 0 Å². The van der Waals surface area contributed by atoms with Crippen molar-refractivity contribution >= 4 is 44.7 Å². The molecule has 0 bridgehead atoms. The topological polar surface area (TPSA) is 32.3 Å². The fourth-order valence-corrected chi connectivity index (χ4v) is 4.01. The van der Waals surface area contributed by atoms with Crippen LogP contribution in [0.3, 0.4) is 0 Å². The van der Waals surface area contributed by atoms with Gasteiger partial charge in [0.25, 0.3) is 0 Å². The number of halogens is 5. The molecule has 156 valence electrons. The summed E-state index contributed by atoms with van der Waals surface area (Å²) < 4.78 is 40.1. The average Bonchev–Trinajstić information content (AvgIpc) is 2.65. The van der Waals surface area contributed by atoms with Gasteiger partial charge in [0.05, 0.1) is 6.10 Å². The second-order valence-corrected chi connectivity index (χ2v) is 8.03. The zero-order valence-electron chi connectivity index (χ0n) is 15.9. The molecule has 2 unspecified atom stereocenters. The summed E-state index contributed by atoms with van der Waals surface area (Å²) in [5, 5.41) is 17.3. The number of aliphatic hydroxyl groups excluding tert-OH is 1. The Bertz CT molecular complexity index is 1010. The minimum absolute atomic E-state index is 0.257. The zero-order chi connectivity index (χ0) is 21.2. The molecule has 3 rings (SSSR count). The molecule has 0 aliphatic carbocycles. The number of unbranched alkanes of at least 4 members (excludes halogenated alkanes) is 1. The quantitative estimate of drug-likeness (QED) is 0.303. The first-order chi connectivity index (χ1) is 13.7. The monoisotopic (exact) mass is 443 g/mol. The third-order valence-electron chi connectivity index (χ3n) is 5.05. The Kier molecular flexibility index (Phi) is 6.94. The van der Waals surface area contributed by atoms with Crippen molar-refractivity contribution in [1.82, 2.24) is 5.32 Å². The van der Waals surface area contributed by atoms with Crippen molar-refractivity contribution in [2.45, 2.75) is 44.5 Å². The second kappa shape index (κ2) is 9.09. The molecule has 0 saturated heterocycles. The van der Waals surface area contributed by atoms with E-state index in [0.29, 0.717) is 22.0 Å². The molecule has 2 atom stereocenters. The molecule has 0 amide bonds. The third kappa shape index (κ3) is 5.15. The number of fused-ring (bicyclic) bond motifs is 3. The van der Waals surface area contributed by atoms with Crippen LogP contribution in [-0.4, -0.2) is 23.9 Å². The summed E-state index contributed by atoms with van der Waals surface area (Å²) in [6.07, 6.45) is -4.70. The maximum atomic E-state index is 13.4. The van der Waals surface area contributed by atoms with Crippen LogP contribution in [0.15, 0.2) is 42.5 Å². The lowest BCUT2D eigenvalue weighted by molar-refractivity contribution is -0.162. The molecule has 0 radical (unpaired) electrons. The number of hydrogen-bond donors (Lipinski definition) is 2. The van der Waals surface area contributed by atoms with E-state index in [1.54, 1.807) is 30.3 Å². The van der Waals surface area contributed by atoms with Crippen molar-refractivity contribution in [2.75, 3.05) is 6.54 Å². The fraction of sp³-hybridized carbons (Fsp3) is 0.364. The van der Waals surface area contributed by atoms with Crippen molar-refractivity contribution in [1.29, 1.82) is 0 Å². The highest BCUT2D eigenvalue weighted by Crippen LogP contribution is 2.35. The van der Waals surface area contributed by atoms with Crippen LogP contribution in [-0.2, 0) is 0 Å². The van der Waals surface area contributed by atoms with E-state index >= 15 is 0 Å². The molecule has 0 heterocycles. The molecule has 0 aliphatic rings. The normalized spacial score (nSPS) is 14.4. The number of rotatable bonds is 7. The van der Waals surface area contributed by atoms with E-state index in [-0.39, 0.29) is 6.54 Å². The lowest BCUT2D eigenvalue weighted by Crippen LogP contribution is -2.43. The highest BCUT2D eigenvalue weighted by Gasteiger charge is 2.40. The lowest BCUT2D eigenvalue weighted by atomic mass is 9.95. The van der Waals surface area contributed by atoms with Gasteiger partial charge in [0.15, 0.2) is 0 Å². The predicted octanol–water partition coefficient (Wildman–Crippen LogP) is 7.04. The molecule has 0 spiro atoms. The standard InChI is InChI=1S/C22H22Cl2F3NO/c1-2-3-8-28-21(22(25,26)27)12-20(29)14-5-4-13-6-7-16-18(17(13)9-14)10-15(23)11-19(16)24/h4-7,9-11,20-21,28-29H,2-3,8,12H2,1H3. The van der Waals surface area contributed by atoms with Crippen LogP contribution >= 0.6 is 23.2 Å². The van der Waals surface area contributed by atoms with Gasteiger partial charge in [-0.25, -0.2) is 0 Å².